The van der Waals surface area contributed by atoms with Crippen LogP contribution in [0.5, 0.6) is 0 Å². The van der Waals surface area contributed by atoms with Crippen LogP contribution in [0.15, 0.2) is 53.7 Å². The van der Waals surface area contributed by atoms with Crippen molar-refractivity contribution in [2.45, 2.75) is 38.3 Å². The Bertz CT molecular complexity index is 1310. The van der Waals surface area contributed by atoms with Crippen molar-refractivity contribution in [2.75, 3.05) is 5.32 Å². The lowest BCUT2D eigenvalue weighted by atomic mass is 9.76. The van der Waals surface area contributed by atoms with E-state index in [9.17, 15) is 18.0 Å². The quantitative estimate of drug-likeness (QED) is 0.416. The number of alkyl halides is 3. The van der Waals surface area contributed by atoms with Gasteiger partial charge >= 0.3 is 6.18 Å². The number of aromatic nitrogens is 2. The summed E-state index contributed by atoms with van der Waals surface area (Å²) in [5.74, 6) is 0.167. The molecule has 1 N–H and O–H groups in total. The van der Waals surface area contributed by atoms with Gasteiger partial charge in [-0.05, 0) is 55.7 Å². The van der Waals surface area contributed by atoms with Crippen molar-refractivity contribution in [3.05, 3.63) is 86.2 Å². The second-order valence-electron chi connectivity index (χ2n) is 8.20. The zero-order chi connectivity index (χ0) is 23.5. The highest BCUT2D eigenvalue weighted by Crippen LogP contribution is 2.48. The second-order valence-corrected chi connectivity index (χ2v) is 9.05. The number of nitrogens with zero attached hydrogens (tertiary/aromatic N) is 2. The minimum Gasteiger partial charge on any atom is -0.343 e. The summed E-state index contributed by atoms with van der Waals surface area (Å²) in [5, 5.41) is 8.57. The number of aryl methyl sites for hydroxylation is 1. The van der Waals surface area contributed by atoms with Crippen molar-refractivity contribution in [1.82, 2.24) is 9.78 Å². The van der Waals surface area contributed by atoms with Crippen molar-refractivity contribution >= 4 is 34.8 Å². The van der Waals surface area contributed by atoms with Crippen molar-refractivity contribution < 1.29 is 18.0 Å². The highest BCUT2D eigenvalue weighted by atomic mass is 35.5. The zero-order valence-corrected chi connectivity index (χ0v) is 18.9. The largest absolute Gasteiger partial charge is 0.416 e. The first kappa shape index (κ1) is 22.0. The lowest BCUT2D eigenvalue weighted by Crippen LogP contribution is -2.27. The Morgan fingerprint density at radius 3 is 2.52 bits per heavy atom. The Kier molecular flexibility index (Phi) is 5.29. The number of hydrogen-bond acceptors (Lipinski definition) is 3. The predicted octanol–water partition coefficient (Wildman–Crippen LogP) is 7.07. The molecule has 0 bridgehead atoms. The molecule has 33 heavy (non-hydrogen) atoms. The van der Waals surface area contributed by atoms with E-state index in [1.807, 2.05) is 12.1 Å². The van der Waals surface area contributed by atoms with E-state index in [2.05, 4.69) is 10.4 Å². The molecule has 0 fully saturated rings. The first-order chi connectivity index (χ1) is 15.6. The number of fused-ring (bicyclic) bond motifs is 1. The van der Waals surface area contributed by atoms with Gasteiger partial charge in [0.25, 0.3) is 0 Å². The lowest BCUT2D eigenvalue weighted by Gasteiger charge is -2.33. The number of nitrogens with one attached hydrogen (secondary N) is 1. The molecular weight excluding hydrogens is 474 g/mol. The van der Waals surface area contributed by atoms with Gasteiger partial charge in [-0.25, -0.2) is 4.68 Å². The molecule has 0 spiro atoms. The number of ketones is 1. The van der Waals surface area contributed by atoms with Crippen molar-refractivity contribution in [1.29, 1.82) is 0 Å². The number of hydrogen-bond donors (Lipinski definition) is 1. The van der Waals surface area contributed by atoms with Gasteiger partial charge < -0.3 is 5.32 Å². The van der Waals surface area contributed by atoms with Gasteiger partial charge in [-0.15, -0.1) is 0 Å². The number of carbonyl (C=O) groups excluding carboxylic acids is 1. The Labute approximate surface area is 198 Å². The summed E-state index contributed by atoms with van der Waals surface area (Å²) in [4.78, 5) is 13.0. The van der Waals surface area contributed by atoms with E-state index in [0.717, 1.165) is 29.0 Å². The van der Waals surface area contributed by atoms with Crippen LogP contribution in [0, 0.1) is 6.92 Å². The monoisotopic (exact) mass is 491 g/mol. The van der Waals surface area contributed by atoms with Gasteiger partial charge in [-0.1, -0.05) is 35.3 Å². The molecule has 5 rings (SSSR count). The third-order valence-corrected chi connectivity index (χ3v) is 6.69. The third kappa shape index (κ3) is 3.73. The van der Waals surface area contributed by atoms with Crippen molar-refractivity contribution in [3.63, 3.8) is 0 Å². The number of allylic oxidation sites excluding steroid dienone is 2. The molecule has 2 aliphatic rings. The van der Waals surface area contributed by atoms with Crippen LogP contribution in [0.3, 0.4) is 0 Å². The average molecular weight is 492 g/mol. The maximum atomic E-state index is 13.4. The van der Waals surface area contributed by atoms with E-state index < -0.39 is 17.7 Å². The molecule has 3 aromatic rings. The van der Waals surface area contributed by atoms with Gasteiger partial charge in [-0.3, -0.25) is 4.79 Å². The molecule has 1 atom stereocenters. The molecule has 1 aliphatic carbocycles. The number of halogens is 5. The van der Waals surface area contributed by atoms with Crippen molar-refractivity contribution in [3.8, 4) is 5.69 Å². The fraction of sp³-hybridized carbons (Fsp3) is 0.250. The van der Waals surface area contributed by atoms with Crippen molar-refractivity contribution in [2.24, 2.45) is 0 Å². The summed E-state index contributed by atoms with van der Waals surface area (Å²) in [6, 6.07) is 10.4. The topological polar surface area (TPSA) is 46.9 Å². The first-order valence-corrected chi connectivity index (χ1v) is 11.2. The van der Waals surface area contributed by atoms with Crippen LogP contribution in [0.4, 0.5) is 19.0 Å². The average Bonchev–Trinajstić information content (AvgIpc) is 3.09. The molecule has 2 aromatic carbocycles. The SMILES string of the molecule is Cc1nn(-c2cc(C(F)(F)F)ccc2Cl)c2c1C(c1ccc(Cl)cc1)C1=C(CCCC1=O)N2. The normalized spacial score (nSPS) is 18.1. The summed E-state index contributed by atoms with van der Waals surface area (Å²) < 4.78 is 41.6. The van der Waals surface area contributed by atoms with Crippen LogP contribution in [0.1, 0.15) is 47.6 Å². The third-order valence-electron chi connectivity index (χ3n) is 6.11. The van der Waals surface area contributed by atoms with Crippen LogP contribution >= 0.6 is 23.2 Å². The highest BCUT2D eigenvalue weighted by molar-refractivity contribution is 6.32. The van der Waals surface area contributed by atoms with E-state index in [0.29, 0.717) is 41.4 Å². The summed E-state index contributed by atoms with van der Waals surface area (Å²) in [6.45, 7) is 1.78. The summed E-state index contributed by atoms with van der Waals surface area (Å²) in [6.07, 6.45) is -2.71. The first-order valence-electron chi connectivity index (χ1n) is 10.4. The number of carbonyl (C=O) groups is 1. The Morgan fingerprint density at radius 2 is 1.82 bits per heavy atom. The number of Topliss-reactive ketones (excluding diaryl/α,β-unsaturated/α-hetero) is 1. The molecule has 1 unspecified atom stereocenters. The molecule has 9 heteroatoms. The molecule has 170 valence electrons. The number of anilines is 1. The number of benzene rings is 2. The van der Waals surface area contributed by atoms with Gasteiger partial charge in [-0.2, -0.15) is 18.3 Å². The van der Waals surface area contributed by atoms with E-state index >= 15 is 0 Å². The molecule has 1 aliphatic heterocycles. The van der Waals surface area contributed by atoms with Crippen LogP contribution in [0.2, 0.25) is 10.0 Å². The molecule has 4 nitrogen and oxygen atoms in total. The summed E-state index contributed by atoms with van der Waals surface area (Å²) >= 11 is 12.4. The predicted molar refractivity (Wildman–Crippen MR) is 121 cm³/mol. The Morgan fingerprint density at radius 1 is 1.09 bits per heavy atom. The maximum absolute atomic E-state index is 13.4. The van der Waals surface area contributed by atoms with Gasteiger partial charge in [0.15, 0.2) is 5.78 Å². The lowest BCUT2D eigenvalue weighted by molar-refractivity contribution is -0.137. The molecule has 0 saturated carbocycles. The van der Waals surface area contributed by atoms with Gasteiger partial charge in [0.1, 0.15) is 5.82 Å². The highest BCUT2D eigenvalue weighted by Gasteiger charge is 2.39. The summed E-state index contributed by atoms with van der Waals surface area (Å²) in [5.41, 5.74) is 2.93. The second kappa shape index (κ2) is 7.92. The smallest absolute Gasteiger partial charge is 0.343 e. The molecular formula is C24H18Cl2F3N3O. The minimum atomic E-state index is -4.52. The standard InChI is InChI=1S/C24H18Cl2F3N3O/c1-12-20-21(13-5-8-15(25)9-6-13)22-17(3-2-4-19(22)33)30-23(20)32(31-12)18-11-14(24(27,28)29)7-10-16(18)26/h5-11,21,30H,2-4H2,1H3. The molecule has 0 saturated heterocycles. The Hall–Kier alpha value is -2.77. The van der Waals surface area contributed by atoms with Gasteiger partial charge in [0.05, 0.1) is 22.0 Å². The molecule has 0 amide bonds. The minimum absolute atomic E-state index is 0.0543. The Balaban J connectivity index is 1.74. The van der Waals surface area contributed by atoms with Gasteiger partial charge in [0.2, 0.25) is 0 Å². The van der Waals surface area contributed by atoms with E-state index in [-0.39, 0.29) is 16.5 Å². The molecule has 1 aromatic heterocycles. The van der Waals surface area contributed by atoms with Crippen LogP contribution in [-0.4, -0.2) is 15.6 Å². The maximum Gasteiger partial charge on any atom is 0.416 e. The molecule has 2 heterocycles. The van der Waals surface area contributed by atoms with Crippen LogP contribution < -0.4 is 5.32 Å². The molecule has 0 radical (unpaired) electrons. The van der Waals surface area contributed by atoms with Crippen LogP contribution in [0.25, 0.3) is 5.69 Å². The van der Waals surface area contributed by atoms with Crippen LogP contribution in [-0.2, 0) is 11.0 Å². The fourth-order valence-electron chi connectivity index (χ4n) is 4.64. The van der Waals surface area contributed by atoms with E-state index in [1.54, 1.807) is 19.1 Å². The van der Waals surface area contributed by atoms with E-state index in [1.165, 1.54) is 10.7 Å². The number of rotatable bonds is 2. The van der Waals surface area contributed by atoms with E-state index in [4.69, 9.17) is 23.2 Å². The zero-order valence-electron chi connectivity index (χ0n) is 17.4. The fourth-order valence-corrected chi connectivity index (χ4v) is 4.96. The summed E-state index contributed by atoms with van der Waals surface area (Å²) in [7, 11) is 0. The van der Waals surface area contributed by atoms with Gasteiger partial charge in [0, 0.05) is 34.2 Å².